The SMILES string of the molecule is CC1c2cccc(CO)c2C1C. The topological polar surface area (TPSA) is 20.2 Å². The van der Waals surface area contributed by atoms with Gasteiger partial charge in [-0.1, -0.05) is 32.0 Å². The molecule has 1 aliphatic rings. The van der Waals surface area contributed by atoms with E-state index in [1.807, 2.05) is 12.1 Å². The molecule has 1 aromatic rings. The fourth-order valence-corrected chi connectivity index (χ4v) is 2.15. The maximum Gasteiger partial charge on any atom is 0.0684 e. The van der Waals surface area contributed by atoms with Crippen molar-refractivity contribution in [2.24, 2.45) is 0 Å². The molecule has 0 spiro atoms. The molecule has 2 rings (SSSR count). The van der Waals surface area contributed by atoms with Crippen molar-refractivity contribution >= 4 is 0 Å². The van der Waals surface area contributed by atoms with Crippen molar-refractivity contribution in [1.29, 1.82) is 0 Å². The molecule has 0 bridgehead atoms. The molecule has 1 nitrogen and oxygen atoms in total. The molecule has 0 heterocycles. The van der Waals surface area contributed by atoms with Gasteiger partial charge in [-0.3, -0.25) is 0 Å². The molecule has 1 heteroatoms. The van der Waals surface area contributed by atoms with Crippen LogP contribution in [0.2, 0.25) is 0 Å². The maximum absolute atomic E-state index is 9.08. The van der Waals surface area contributed by atoms with Crippen LogP contribution in [-0.4, -0.2) is 5.11 Å². The summed E-state index contributed by atoms with van der Waals surface area (Å²) < 4.78 is 0. The number of hydrogen-bond donors (Lipinski definition) is 1. The summed E-state index contributed by atoms with van der Waals surface area (Å²) in [6.45, 7) is 4.65. The summed E-state index contributed by atoms with van der Waals surface area (Å²) in [6.07, 6.45) is 0. The number of rotatable bonds is 1. The molecule has 0 fully saturated rings. The Hall–Kier alpha value is -0.820. The first-order valence-corrected chi connectivity index (χ1v) is 4.48. The normalized spacial score (nSPS) is 26.2. The van der Waals surface area contributed by atoms with E-state index in [1.54, 1.807) is 0 Å². The largest absolute Gasteiger partial charge is 0.392 e. The minimum absolute atomic E-state index is 0.181. The Labute approximate surface area is 73.0 Å². The fourth-order valence-electron chi connectivity index (χ4n) is 2.15. The van der Waals surface area contributed by atoms with Gasteiger partial charge in [-0.25, -0.2) is 0 Å². The Morgan fingerprint density at radius 1 is 1.25 bits per heavy atom. The van der Waals surface area contributed by atoms with Crippen LogP contribution in [-0.2, 0) is 6.61 Å². The van der Waals surface area contributed by atoms with E-state index in [1.165, 1.54) is 11.1 Å². The van der Waals surface area contributed by atoms with Crippen LogP contribution in [0.4, 0.5) is 0 Å². The van der Waals surface area contributed by atoms with Crippen LogP contribution < -0.4 is 0 Å². The van der Waals surface area contributed by atoms with Crippen LogP contribution in [0.1, 0.15) is 42.4 Å². The molecule has 2 unspecified atom stereocenters. The molecule has 0 saturated heterocycles. The first-order chi connectivity index (χ1) is 5.75. The van der Waals surface area contributed by atoms with E-state index >= 15 is 0 Å². The third-order valence-electron chi connectivity index (χ3n) is 3.10. The lowest BCUT2D eigenvalue weighted by Gasteiger charge is -2.36. The molecule has 2 atom stereocenters. The van der Waals surface area contributed by atoms with E-state index in [9.17, 15) is 0 Å². The number of aliphatic hydroxyl groups is 1. The minimum Gasteiger partial charge on any atom is -0.392 e. The molecule has 0 radical (unpaired) electrons. The van der Waals surface area contributed by atoms with E-state index < -0.39 is 0 Å². The van der Waals surface area contributed by atoms with Crippen molar-refractivity contribution in [2.75, 3.05) is 0 Å². The molecule has 0 saturated carbocycles. The summed E-state index contributed by atoms with van der Waals surface area (Å²) in [4.78, 5) is 0. The van der Waals surface area contributed by atoms with Gasteiger partial charge in [0.25, 0.3) is 0 Å². The van der Waals surface area contributed by atoms with Gasteiger partial charge in [0.2, 0.25) is 0 Å². The lowest BCUT2D eigenvalue weighted by Crippen LogP contribution is -2.21. The van der Waals surface area contributed by atoms with E-state index in [2.05, 4.69) is 19.9 Å². The van der Waals surface area contributed by atoms with Crippen molar-refractivity contribution < 1.29 is 5.11 Å². The van der Waals surface area contributed by atoms with Gasteiger partial charge in [0.1, 0.15) is 0 Å². The summed E-state index contributed by atoms with van der Waals surface area (Å²) in [7, 11) is 0. The summed E-state index contributed by atoms with van der Waals surface area (Å²) >= 11 is 0. The van der Waals surface area contributed by atoms with Crippen LogP contribution in [0.15, 0.2) is 18.2 Å². The number of benzene rings is 1. The van der Waals surface area contributed by atoms with Crippen LogP contribution in [0.5, 0.6) is 0 Å². The zero-order valence-corrected chi connectivity index (χ0v) is 7.54. The third-order valence-corrected chi connectivity index (χ3v) is 3.10. The highest BCUT2D eigenvalue weighted by Gasteiger charge is 2.31. The van der Waals surface area contributed by atoms with E-state index in [0.29, 0.717) is 11.8 Å². The van der Waals surface area contributed by atoms with Crippen molar-refractivity contribution in [1.82, 2.24) is 0 Å². The van der Waals surface area contributed by atoms with Gasteiger partial charge in [-0.05, 0) is 28.5 Å². The van der Waals surface area contributed by atoms with Gasteiger partial charge < -0.3 is 5.11 Å². The molecule has 12 heavy (non-hydrogen) atoms. The van der Waals surface area contributed by atoms with Crippen LogP contribution in [0.25, 0.3) is 0 Å². The van der Waals surface area contributed by atoms with Gasteiger partial charge in [-0.2, -0.15) is 0 Å². The Morgan fingerprint density at radius 2 is 2.00 bits per heavy atom. The highest BCUT2D eigenvalue weighted by molar-refractivity contribution is 5.48. The Bertz CT molecular complexity index is 290. The Balaban J connectivity index is 2.51. The van der Waals surface area contributed by atoms with Gasteiger partial charge in [0.05, 0.1) is 6.61 Å². The molecular weight excluding hydrogens is 148 g/mol. The summed E-state index contributed by atoms with van der Waals surface area (Å²) in [5.74, 6) is 1.30. The van der Waals surface area contributed by atoms with Crippen LogP contribution in [0, 0.1) is 0 Å². The average Bonchev–Trinajstić information content (AvgIpc) is 2.15. The summed E-state index contributed by atoms with van der Waals surface area (Å²) in [5, 5.41) is 9.08. The Morgan fingerprint density at radius 3 is 2.67 bits per heavy atom. The first kappa shape index (κ1) is 7.81. The number of fused-ring (bicyclic) bond motifs is 1. The predicted octanol–water partition coefficient (Wildman–Crippen LogP) is 2.40. The van der Waals surface area contributed by atoms with Crippen molar-refractivity contribution in [3.05, 3.63) is 34.9 Å². The summed E-state index contributed by atoms with van der Waals surface area (Å²) in [6, 6.07) is 6.22. The average molecular weight is 162 g/mol. The second kappa shape index (κ2) is 2.60. The molecule has 1 aliphatic carbocycles. The molecule has 0 aromatic heterocycles. The van der Waals surface area contributed by atoms with Gasteiger partial charge in [0, 0.05) is 0 Å². The monoisotopic (exact) mass is 162 g/mol. The maximum atomic E-state index is 9.08. The van der Waals surface area contributed by atoms with Crippen molar-refractivity contribution in [3.8, 4) is 0 Å². The van der Waals surface area contributed by atoms with Gasteiger partial charge >= 0.3 is 0 Å². The molecule has 0 amide bonds. The van der Waals surface area contributed by atoms with Crippen LogP contribution in [0.3, 0.4) is 0 Å². The molecular formula is C11H14O. The van der Waals surface area contributed by atoms with Gasteiger partial charge in [0.15, 0.2) is 0 Å². The zero-order chi connectivity index (χ0) is 8.72. The zero-order valence-electron chi connectivity index (χ0n) is 7.54. The predicted molar refractivity (Wildman–Crippen MR) is 49.2 cm³/mol. The summed E-state index contributed by atoms with van der Waals surface area (Å²) in [5.41, 5.74) is 3.92. The second-order valence-corrected chi connectivity index (χ2v) is 3.66. The smallest absolute Gasteiger partial charge is 0.0684 e. The lowest BCUT2D eigenvalue weighted by atomic mass is 9.68. The quantitative estimate of drug-likeness (QED) is 0.672. The molecule has 64 valence electrons. The van der Waals surface area contributed by atoms with E-state index in [4.69, 9.17) is 5.11 Å². The molecule has 1 aromatic carbocycles. The number of aliphatic hydroxyl groups excluding tert-OH is 1. The Kier molecular flexibility index (Phi) is 1.69. The minimum atomic E-state index is 0.181. The highest BCUT2D eigenvalue weighted by Crippen LogP contribution is 2.47. The van der Waals surface area contributed by atoms with Gasteiger partial charge in [-0.15, -0.1) is 0 Å². The third kappa shape index (κ3) is 0.831. The standard InChI is InChI=1S/C11H14O/c1-7-8(2)11-9(6-12)4-3-5-10(7)11/h3-5,7-8,12H,6H2,1-2H3. The van der Waals surface area contributed by atoms with Crippen LogP contribution >= 0.6 is 0 Å². The lowest BCUT2D eigenvalue weighted by molar-refractivity contribution is 0.277. The van der Waals surface area contributed by atoms with E-state index in [0.717, 1.165) is 5.56 Å². The van der Waals surface area contributed by atoms with Crippen molar-refractivity contribution in [2.45, 2.75) is 32.3 Å². The first-order valence-electron chi connectivity index (χ1n) is 4.48. The number of hydrogen-bond acceptors (Lipinski definition) is 1. The van der Waals surface area contributed by atoms with Crippen molar-refractivity contribution in [3.63, 3.8) is 0 Å². The fraction of sp³-hybridized carbons (Fsp3) is 0.455. The molecule has 0 aliphatic heterocycles. The second-order valence-electron chi connectivity index (χ2n) is 3.66. The highest BCUT2D eigenvalue weighted by atomic mass is 16.3. The molecule has 1 N–H and O–H groups in total. The van der Waals surface area contributed by atoms with E-state index in [-0.39, 0.29) is 6.61 Å².